The number of hydrogen-bond donors (Lipinski definition) is 1. The van der Waals surface area contributed by atoms with Crippen molar-refractivity contribution in [1.29, 1.82) is 0 Å². The van der Waals surface area contributed by atoms with E-state index in [2.05, 4.69) is 33.9 Å². The van der Waals surface area contributed by atoms with Crippen LogP contribution in [0.25, 0.3) is 0 Å². The predicted molar refractivity (Wildman–Crippen MR) is 127 cm³/mol. The molecule has 6 rings (SSSR count). The molecule has 0 saturated heterocycles. The standard InChI is InChI=1S/C14H20O3.C14H22O2/c1-9(8-15)13(16)17-14-5-10-2-11(6-14)4-12(3-10)7-14;1-9(2)12(15)16-11-8-10-6-7-14(11,5)13(10,3)4/h10-12,15H,1-8H2;10-11H,1,6-8H2,2-5H3. The molecule has 0 aromatic carbocycles. The van der Waals surface area contributed by atoms with E-state index in [1.165, 1.54) is 32.1 Å². The number of carbonyl (C=O) groups is 2. The molecule has 0 aliphatic heterocycles. The molecule has 0 amide bonds. The van der Waals surface area contributed by atoms with Crippen molar-refractivity contribution >= 4 is 11.9 Å². The van der Waals surface area contributed by atoms with E-state index in [-0.39, 0.29) is 35.3 Å². The van der Waals surface area contributed by atoms with E-state index in [1.807, 2.05) is 0 Å². The zero-order valence-electron chi connectivity index (χ0n) is 21.0. The summed E-state index contributed by atoms with van der Waals surface area (Å²) in [6.45, 7) is 15.5. The second kappa shape index (κ2) is 8.55. The Morgan fingerprint density at radius 1 is 0.939 bits per heavy atom. The quantitative estimate of drug-likeness (QED) is 0.443. The van der Waals surface area contributed by atoms with Crippen molar-refractivity contribution in [3.63, 3.8) is 0 Å². The van der Waals surface area contributed by atoms with E-state index >= 15 is 0 Å². The highest BCUT2D eigenvalue weighted by Crippen LogP contribution is 2.66. The lowest BCUT2D eigenvalue weighted by Gasteiger charge is -2.55. The average Bonchev–Trinajstić information content (AvgIpc) is 3.05. The Labute approximate surface area is 199 Å². The molecule has 0 spiro atoms. The van der Waals surface area contributed by atoms with Gasteiger partial charge in [0, 0.05) is 11.0 Å². The molecule has 0 aromatic rings. The molecule has 6 bridgehead atoms. The first-order chi connectivity index (χ1) is 15.4. The van der Waals surface area contributed by atoms with Crippen LogP contribution in [0.15, 0.2) is 24.3 Å². The number of rotatable bonds is 5. The van der Waals surface area contributed by atoms with Gasteiger partial charge in [-0.15, -0.1) is 0 Å². The van der Waals surface area contributed by atoms with Crippen molar-refractivity contribution in [2.45, 2.75) is 97.2 Å². The summed E-state index contributed by atoms with van der Waals surface area (Å²) >= 11 is 0. The highest BCUT2D eigenvalue weighted by molar-refractivity contribution is 5.88. The maximum Gasteiger partial charge on any atom is 0.336 e. The van der Waals surface area contributed by atoms with Gasteiger partial charge in [0.15, 0.2) is 0 Å². The van der Waals surface area contributed by atoms with Gasteiger partial charge in [0.2, 0.25) is 0 Å². The Balaban J connectivity index is 0.000000157. The predicted octanol–water partition coefficient (Wildman–Crippen LogP) is 5.37. The molecule has 1 N–H and O–H groups in total. The summed E-state index contributed by atoms with van der Waals surface area (Å²) < 4.78 is 11.3. The lowest BCUT2D eigenvalue weighted by atomic mass is 9.54. The van der Waals surface area contributed by atoms with Gasteiger partial charge in [0.1, 0.15) is 11.7 Å². The highest BCUT2D eigenvalue weighted by Gasteiger charge is 2.62. The fraction of sp³-hybridized carbons (Fsp3) is 0.786. The highest BCUT2D eigenvalue weighted by atomic mass is 16.6. The van der Waals surface area contributed by atoms with Gasteiger partial charge in [0.05, 0.1) is 12.2 Å². The van der Waals surface area contributed by atoms with Gasteiger partial charge in [-0.25, -0.2) is 9.59 Å². The van der Waals surface area contributed by atoms with Crippen molar-refractivity contribution in [3.05, 3.63) is 24.3 Å². The van der Waals surface area contributed by atoms with Gasteiger partial charge in [0.25, 0.3) is 0 Å². The van der Waals surface area contributed by atoms with E-state index in [0.717, 1.165) is 43.4 Å². The minimum Gasteiger partial charge on any atom is -0.458 e. The maximum absolute atomic E-state index is 11.8. The Bertz CT molecular complexity index is 804. The van der Waals surface area contributed by atoms with E-state index in [0.29, 0.717) is 16.9 Å². The smallest absolute Gasteiger partial charge is 0.336 e. The van der Waals surface area contributed by atoms with E-state index < -0.39 is 5.97 Å². The summed E-state index contributed by atoms with van der Waals surface area (Å²) in [5.41, 5.74) is 0.921. The Morgan fingerprint density at radius 2 is 1.48 bits per heavy atom. The maximum atomic E-state index is 11.8. The molecule has 6 saturated carbocycles. The molecule has 3 unspecified atom stereocenters. The van der Waals surface area contributed by atoms with E-state index in [4.69, 9.17) is 14.6 Å². The number of hydrogen-bond acceptors (Lipinski definition) is 5. The molecule has 5 heteroatoms. The third-order valence-electron chi connectivity index (χ3n) is 10.1. The topological polar surface area (TPSA) is 72.8 Å². The molecule has 0 aromatic heterocycles. The van der Waals surface area contributed by atoms with Crippen LogP contribution < -0.4 is 0 Å². The van der Waals surface area contributed by atoms with Gasteiger partial charge in [-0.05, 0) is 93.8 Å². The number of esters is 2. The zero-order valence-corrected chi connectivity index (χ0v) is 21.0. The number of aliphatic hydroxyl groups is 1. The first-order valence-electron chi connectivity index (χ1n) is 12.8. The third kappa shape index (κ3) is 4.31. The Hall–Kier alpha value is -1.62. The number of ether oxygens (including phenoxy) is 2. The molecule has 0 heterocycles. The van der Waals surface area contributed by atoms with Crippen molar-refractivity contribution in [3.8, 4) is 0 Å². The largest absolute Gasteiger partial charge is 0.458 e. The summed E-state index contributed by atoms with van der Waals surface area (Å²) in [6, 6.07) is 0. The molecule has 0 radical (unpaired) electrons. The van der Waals surface area contributed by atoms with Crippen LogP contribution in [0.4, 0.5) is 0 Å². The third-order valence-corrected chi connectivity index (χ3v) is 10.1. The van der Waals surface area contributed by atoms with Crippen LogP contribution in [0.3, 0.4) is 0 Å². The fourth-order valence-electron chi connectivity index (χ4n) is 8.03. The van der Waals surface area contributed by atoms with Gasteiger partial charge >= 0.3 is 11.9 Å². The first-order valence-corrected chi connectivity index (χ1v) is 12.8. The molecular formula is C28H42O5. The van der Waals surface area contributed by atoms with E-state index in [1.54, 1.807) is 6.92 Å². The summed E-state index contributed by atoms with van der Waals surface area (Å²) in [5, 5.41) is 8.92. The van der Waals surface area contributed by atoms with Gasteiger partial charge < -0.3 is 14.6 Å². The number of fused-ring (bicyclic) bond motifs is 2. The van der Waals surface area contributed by atoms with Crippen LogP contribution >= 0.6 is 0 Å². The van der Waals surface area contributed by atoms with Crippen molar-refractivity contribution < 1.29 is 24.2 Å². The molecule has 6 fully saturated rings. The van der Waals surface area contributed by atoms with Crippen LogP contribution in [0.1, 0.15) is 85.5 Å². The van der Waals surface area contributed by atoms with Gasteiger partial charge in [-0.1, -0.05) is 33.9 Å². The second-order valence-electron chi connectivity index (χ2n) is 12.5. The van der Waals surface area contributed by atoms with Gasteiger partial charge in [-0.3, -0.25) is 0 Å². The Kier molecular flexibility index (Phi) is 6.35. The molecule has 3 atom stereocenters. The lowest BCUT2D eigenvalue weighted by molar-refractivity contribution is -0.182. The summed E-state index contributed by atoms with van der Waals surface area (Å²) in [5.74, 6) is 2.37. The molecule has 184 valence electrons. The summed E-state index contributed by atoms with van der Waals surface area (Å²) in [6.07, 6.45) is 10.7. The minimum absolute atomic E-state index is 0.0884. The van der Waals surface area contributed by atoms with Crippen molar-refractivity contribution in [2.75, 3.05) is 6.61 Å². The SMILES string of the molecule is C=C(C)C(=O)OC1CC2CCC1(C)C2(C)C.C=C(CO)C(=O)OC12CC3CC(CC(C3)C1)C2. The Morgan fingerprint density at radius 3 is 1.88 bits per heavy atom. The average molecular weight is 459 g/mol. The van der Waals surface area contributed by atoms with Crippen LogP contribution in [-0.2, 0) is 19.1 Å². The molecule has 6 aliphatic rings. The number of carbonyl (C=O) groups excluding carboxylic acids is 2. The van der Waals surface area contributed by atoms with Crippen LogP contribution in [0.2, 0.25) is 0 Å². The van der Waals surface area contributed by atoms with Crippen molar-refractivity contribution in [2.24, 2.45) is 34.5 Å². The zero-order chi connectivity index (χ0) is 24.2. The van der Waals surface area contributed by atoms with Crippen LogP contribution in [-0.4, -0.2) is 35.4 Å². The summed E-state index contributed by atoms with van der Waals surface area (Å²) in [4.78, 5) is 23.4. The number of aliphatic hydroxyl groups excluding tert-OH is 1. The van der Waals surface area contributed by atoms with Crippen molar-refractivity contribution in [1.82, 2.24) is 0 Å². The lowest BCUT2D eigenvalue weighted by Crippen LogP contribution is -2.52. The molecular weight excluding hydrogens is 416 g/mol. The fourth-order valence-corrected chi connectivity index (χ4v) is 8.03. The monoisotopic (exact) mass is 458 g/mol. The second-order valence-corrected chi connectivity index (χ2v) is 12.5. The van der Waals surface area contributed by atoms with E-state index in [9.17, 15) is 9.59 Å². The van der Waals surface area contributed by atoms with Gasteiger partial charge in [-0.2, -0.15) is 0 Å². The summed E-state index contributed by atoms with van der Waals surface area (Å²) in [7, 11) is 0. The van der Waals surface area contributed by atoms with Crippen LogP contribution in [0, 0.1) is 34.5 Å². The first kappa shape index (κ1) is 24.5. The minimum atomic E-state index is -0.394. The molecule has 5 nitrogen and oxygen atoms in total. The molecule has 33 heavy (non-hydrogen) atoms. The normalized spacial score (nSPS) is 41.2. The molecule has 6 aliphatic carbocycles. The van der Waals surface area contributed by atoms with Crippen LogP contribution in [0.5, 0.6) is 0 Å².